The van der Waals surface area contributed by atoms with Gasteiger partial charge >= 0.3 is 5.97 Å². The van der Waals surface area contributed by atoms with Gasteiger partial charge in [0.05, 0.1) is 47.7 Å². The average molecular weight is 675 g/mol. The van der Waals surface area contributed by atoms with Gasteiger partial charge < -0.3 is 29.7 Å². The molecule has 2 aliphatic carbocycles. The molecule has 0 spiro atoms. The zero-order valence-electron chi connectivity index (χ0n) is 28.2. The molecule has 2 amide bonds. The number of benzene rings is 1. The van der Waals surface area contributed by atoms with E-state index in [4.69, 9.17) is 9.72 Å². The zero-order valence-corrected chi connectivity index (χ0v) is 28.2. The predicted molar refractivity (Wildman–Crippen MR) is 178 cm³/mol. The summed E-state index contributed by atoms with van der Waals surface area (Å²) in [6.07, 6.45) is 5.82. The number of rotatable bonds is 8. The van der Waals surface area contributed by atoms with Crippen LogP contribution in [0.2, 0.25) is 0 Å². The quantitative estimate of drug-likeness (QED) is 0.239. The van der Waals surface area contributed by atoms with Gasteiger partial charge in [0.15, 0.2) is 5.60 Å². The largest absolute Gasteiger partial charge is 0.458 e. The third-order valence-electron chi connectivity index (χ3n) is 11.1. The van der Waals surface area contributed by atoms with E-state index in [0.29, 0.717) is 47.3 Å². The number of ether oxygens (including phenoxy) is 1. The maximum Gasteiger partial charge on any atom is 0.343 e. The molecule has 3 aromatic rings. The van der Waals surface area contributed by atoms with Crippen molar-refractivity contribution in [2.75, 3.05) is 13.1 Å². The van der Waals surface area contributed by atoms with E-state index in [1.54, 1.807) is 26.8 Å². The van der Waals surface area contributed by atoms with Crippen LogP contribution in [0.3, 0.4) is 0 Å². The molecule has 2 unspecified atom stereocenters. The minimum absolute atomic E-state index is 0.00216. The number of amides is 2. The number of nitrogens with one attached hydrogen (secondary N) is 1. The monoisotopic (exact) mass is 674 g/mol. The van der Waals surface area contributed by atoms with E-state index >= 15 is 4.39 Å². The first-order valence-electron chi connectivity index (χ1n) is 17.5. The number of aryl methyl sites for hydroxylation is 1. The normalized spacial score (nSPS) is 21.8. The Morgan fingerprint density at radius 1 is 1.16 bits per heavy atom. The van der Waals surface area contributed by atoms with Gasteiger partial charge in [-0.2, -0.15) is 0 Å². The first-order chi connectivity index (χ1) is 23.4. The number of cyclic esters (lactones) is 1. The van der Waals surface area contributed by atoms with Gasteiger partial charge in [0.1, 0.15) is 12.4 Å². The summed E-state index contributed by atoms with van der Waals surface area (Å²) in [6, 6.07) is 2.46. The van der Waals surface area contributed by atoms with Crippen LogP contribution in [0.1, 0.15) is 105 Å². The lowest BCUT2D eigenvalue weighted by Gasteiger charge is -2.31. The van der Waals surface area contributed by atoms with Crippen molar-refractivity contribution in [2.45, 2.75) is 109 Å². The molecule has 2 aromatic heterocycles. The Hall–Kier alpha value is -4.16. The highest BCUT2D eigenvalue weighted by atomic mass is 19.1. The number of carbonyl (C=O) groups excluding carboxylic acids is 3. The van der Waals surface area contributed by atoms with Crippen molar-refractivity contribution in [3.63, 3.8) is 0 Å². The number of halogens is 1. The van der Waals surface area contributed by atoms with E-state index in [1.807, 2.05) is 0 Å². The number of fused-ring (bicyclic) bond motifs is 5. The Labute approximate surface area is 283 Å². The molecule has 3 atom stereocenters. The Bertz CT molecular complexity index is 1950. The molecule has 7 rings (SSSR count). The maximum absolute atomic E-state index is 15.3. The Kier molecular flexibility index (Phi) is 8.59. The van der Waals surface area contributed by atoms with Gasteiger partial charge in [0, 0.05) is 35.5 Å². The van der Waals surface area contributed by atoms with Crippen LogP contribution in [-0.4, -0.2) is 61.6 Å². The van der Waals surface area contributed by atoms with Gasteiger partial charge in [-0.05, 0) is 74.6 Å². The smallest absolute Gasteiger partial charge is 0.343 e. The van der Waals surface area contributed by atoms with Gasteiger partial charge in [-0.3, -0.25) is 14.4 Å². The first-order valence-corrected chi connectivity index (χ1v) is 17.5. The molecule has 1 fully saturated rings. The third kappa shape index (κ3) is 5.62. The van der Waals surface area contributed by atoms with Crippen LogP contribution in [0.4, 0.5) is 4.39 Å². The molecule has 0 radical (unpaired) electrons. The van der Waals surface area contributed by atoms with Crippen molar-refractivity contribution >= 4 is 28.7 Å². The topological polar surface area (TPSA) is 151 Å². The van der Waals surface area contributed by atoms with Gasteiger partial charge in [0.2, 0.25) is 11.8 Å². The molecule has 11 nitrogen and oxygen atoms in total. The summed E-state index contributed by atoms with van der Waals surface area (Å²) in [5.41, 5.74) is 1.92. The molecule has 12 heteroatoms. The van der Waals surface area contributed by atoms with E-state index in [9.17, 15) is 29.4 Å². The number of nitrogens with zero attached hydrogens (tertiary/aromatic N) is 3. The number of carbonyl (C=O) groups is 3. The minimum atomic E-state index is -1.99. The van der Waals surface area contributed by atoms with Crippen molar-refractivity contribution < 1.29 is 33.7 Å². The fourth-order valence-electron chi connectivity index (χ4n) is 8.45. The third-order valence-corrected chi connectivity index (χ3v) is 11.1. The summed E-state index contributed by atoms with van der Waals surface area (Å²) in [6.45, 7) is 4.65. The second-order valence-electron chi connectivity index (χ2n) is 14.3. The maximum atomic E-state index is 15.3. The van der Waals surface area contributed by atoms with E-state index in [1.165, 1.54) is 22.0 Å². The Balaban J connectivity index is 1.27. The lowest BCUT2D eigenvalue weighted by atomic mass is 9.81. The highest BCUT2D eigenvalue weighted by Gasteiger charge is 2.46. The van der Waals surface area contributed by atoms with Crippen molar-refractivity contribution in [1.29, 1.82) is 0 Å². The summed E-state index contributed by atoms with van der Waals surface area (Å²) < 4.78 is 22.0. The fourth-order valence-corrected chi connectivity index (χ4v) is 8.45. The van der Waals surface area contributed by atoms with Crippen molar-refractivity contribution in [3.8, 4) is 11.4 Å². The molecule has 0 saturated heterocycles. The van der Waals surface area contributed by atoms with E-state index < -0.39 is 35.1 Å². The number of aliphatic hydroxyl groups is 2. The van der Waals surface area contributed by atoms with Crippen LogP contribution in [0.5, 0.6) is 0 Å². The van der Waals surface area contributed by atoms with Crippen LogP contribution >= 0.6 is 0 Å². The van der Waals surface area contributed by atoms with Gasteiger partial charge in [0.25, 0.3) is 5.56 Å². The van der Waals surface area contributed by atoms with Crippen molar-refractivity contribution in [3.05, 3.63) is 61.7 Å². The lowest BCUT2D eigenvalue weighted by molar-refractivity contribution is -0.172. The van der Waals surface area contributed by atoms with Crippen LogP contribution in [0, 0.1) is 18.7 Å². The highest BCUT2D eigenvalue weighted by Crippen LogP contribution is 2.46. The molecule has 4 heterocycles. The van der Waals surface area contributed by atoms with Crippen LogP contribution in [-0.2, 0) is 44.3 Å². The highest BCUT2D eigenvalue weighted by molar-refractivity contribution is 5.94. The summed E-state index contributed by atoms with van der Waals surface area (Å²) in [5, 5.41) is 25.4. The minimum Gasteiger partial charge on any atom is -0.458 e. The summed E-state index contributed by atoms with van der Waals surface area (Å²) >= 11 is 0. The van der Waals surface area contributed by atoms with E-state index in [2.05, 4.69) is 5.32 Å². The number of pyridine rings is 2. The standard InChI is InChI=1S/C37H43FN4O7/c1-4-37(48)25-13-29-34-23(16-42(29)35(46)24(25)18-49-36(37)47)33-27(11-10-22-20(3)26(38)14-28(40-34)32(22)33)39-30(44)17-41(15-19(2)43)31(45)12-21-8-6-5-7-9-21/h13-14,19,21,27,43,48H,4-12,15-18H2,1-3H3,(H,39,44)/t19?,27?,37-/m0/s1. The molecule has 3 N–H and O–H groups in total. The molecule has 0 bridgehead atoms. The molecule has 49 heavy (non-hydrogen) atoms. The number of aliphatic hydroxyl groups excluding tert-OH is 1. The molecule has 2 aliphatic heterocycles. The fraction of sp³-hybridized carbons (Fsp3) is 0.541. The lowest BCUT2D eigenvalue weighted by Crippen LogP contribution is -2.45. The molecule has 4 aliphatic rings. The van der Waals surface area contributed by atoms with E-state index in [0.717, 1.165) is 42.2 Å². The van der Waals surface area contributed by atoms with Crippen molar-refractivity contribution in [1.82, 2.24) is 19.8 Å². The molecule has 1 saturated carbocycles. The zero-order chi connectivity index (χ0) is 34.8. The van der Waals surface area contributed by atoms with Gasteiger partial charge in [-0.25, -0.2) is 14.2 Å². The second-order valence-corrected chi connectivity index (χ2v) is 14.3. The number of esters is 1. The number of hydrogen-bond acceptors (Lipinski definition) is 8. The molecule has 1 aromatic carbocycles. The average Bonchev–Trinajstić information content (AvgIpc) is 3.44. The van der Waals surface area contributed by atoms with Gasteiger partial charge in [-0.15, -0.1) is 0 Å². The Morgan fingerprint density at radius 2 is 1.92 bits per heavy atom. The second kappa shape index (κ2) is 12.6. The SMILES string of the molecule is CC[C@@]1(O)C(=O)OCc2c1cc1n(c2=O)Cc2c-1nc1cc(F)c(C)c3c1c2C(NC(=O)CN(CC(C)O)C(=O)CC1CCCCC1)CC3. The molecule has 260 valence electrons. The van der Waals surface area contributed by atoms with Crippen LogP contribution in [0.25, 0.3) is 22.3 Å². The summed E-state index contributed by atoms with van der Waals surface area (Å²) in [5.74, 6) is -1.48. The van der Waals surface area contributed by atoms with Crippen molar-refractivity contribution in [2.24, 2.45) is 5.92 Å². The predicted octanol–water partition coefficient (Wildman–Crippen LogP) is 3.81. The van der Waals surface area contributed by atoms with Crippen LogP contribution in [0.15, 0.2) is 16.9 Å². The number of hydrogen-bond donors (Lipinski definition) is 3. The summed E-state index contributed by atoms with van der Waals surface area (Å²) in [7, 11) is 0. The Morgan fingerprint density at radius 3 is 2.63 bits per heavy atom. The van der Waals surface area contributed by atoms with Gasteiger partial charge in [-0.1, -0.05) is 26.2 Å². The summed E-state index contributed by atoms with van der Waals surface area (Å²) in [4.78, 5) is 60.0. The molecular weight excluding hydrogens is 631 g/mol. The first kappa shape index (κ1) is 33.3. The number of aromatic nitrogens is 2. The van der Waals surface area contributed by atoms with E-state index in [-0.39, 0.29) is 61.5 Å². The molecular formula is C37H43FN4O7. The van der Waals surface area contributed by atoms with Crippen LogP contribution < -0.4 is 10.9 Å².